The van der Waals surface area contributed by atoms with E-state index in [2.05, 4.69) is 24.2 Å². The topological polar surface area (TPSA) is 47.3 Å². The Hall–Kier alpha value is -1.81. The van der Waals surface area contributed by atoms with Crippen molar-refractivity contribution in [3.8, 4) is 5.88 Å². The lowest BCUT2D eigenvalue weighted by molar-refractivity contribution is 0.172. The third-order valence-corrected chi connectivity index (χ3v) is 3.29. The van der Waals surface area contributed by atoms with Crippen LogP contribution in [-0.4, -0.2) is 22.0 Å². The van der Waals surface area contributed by atoms with Gasteiger partial charge in [-0.15, -0.1) is 0 Å². The predicted molar refractivity (Wildman–Crippen MR) is 74.3 cm³/mol. The summed E-state index contributed by atoms with van der Waals surface area (Å²) in [5, 5.41) is 14.7. The highest BCUT2D eigenvalue weighted by Gasteiger charge is 2.21. The Morgan fingerprint density at radius 2 is 1.89 bits per heavy atom. The molecule has 0 aliphatic rings. The number of hydrogen-bond acceptors (Lipinski definition) is 3. The number of nitrogens with zero attached hydrogens (tertiary/aromatic N) is 2. The minimum absolute atomic E-state index is 0.559. The first kappa shape index (κ1) is 13.6. The van der Waals surface area contributed by atoms with Crippen LogP contribution in [0.2, 0.25) is 0 Å². The second-order valence-electron chi connectivity index (χ2n) is 4.84. The number of aryl methyl sites for hydroxylation is 3. The van der Waals surface area contributed by atoms with Gasteiger partial charge in [0.25, 0.3) is 0 Å². The van der Waals surface area contributed by atoms with Crippen molar-refractivity contribution in [3.05, 3.63) is 46.6 Å². The first-order chi connectivity index (χ1) is 9.02. The Balaban J connectivity index is 2.24. The molecule has 1 heterocycles. The van der Waals surface area contributed by atoms with Gasteiger partial charge in [-0.3, -0.25) is 0 Å². The van der Waals surface area contributed by atoms with E-state index in [1.807, 2.05) is 26.1 Å². The average molecular weight is 260 g/mol. The summed E-state index contributed by atoms with van der Waals surface area (Å²) < 4.78 is 6.97. The van der Waals surface area contributed by atoms with Gasteiger partial charge in [-0.25, -0.2) is 4.68 Å². The molecule has 102 valence electrons. The molecule has 2 rings (SSSR count). The summed E-state index contributed by atoms with van der Waals surface area (Å²) in [6.07, 6.45) is -0.0465. The molecule has 1 atom stereocenters. The van der Waals surface area contributed by atoms with Crippen molar-refractivity contribution in [1.29, 1.82) is 0 Å². The molecule has 0 amide bonds. The zero-order valence-corrected chi connectivity index (χ0v) is 11.8. The summed E-state index contributed by atoms with van der Waals surface area (Å²) in [5.74, 6) is 0.622. The van der Waals surface area contributed by atoms with Gasteiger partial charge in [-0.05, 0) is 19.4 Å². The molecule has 0 saturated carbocycles. The molecule has 0 spiro atoms. The van der Waals surface area contributed by atoms with Crippen molar-refractivity contribution in [2.24, 2.45) is 7.05 Å². The zero-order valence-electron chi connectivity index (χ0n) is 11.8. The van der Waals surface area contributed by atoms with Gasteiger partial charge < -0.3 is 9.84 Å². The van der Waals surface area contributed by atoms with Gasteiger partial charge in [-0.2, -0.15) is 5.10 Å². The SMILES string of the molecule is COc1c(C(O)Cc2ccc(C)cc2)c(C)nn1C. The molecule has 0 bridgehead atoms. The Kier molecular flexibility index (Phi) is 3.90. The molecule has 2 aromatic rings. The number of rotatable bonds is 4. The largest absolute Gasteiger partial charge is 0.481 e. The minimum Gasteiger partial charge on any atom is -0.481 e. The molecular weight excluding hydrogens is 240 g/mol. The van der Waals surface area contributed by atoms with Crippen molar-refractivity contribution >= 4 is 0 Å². The fourth-order valence-corrected chi connectivity index (χ4v) is 2.33. The highest BCUT2D eigenvalue weighted by molar-refractivity contribution is 5.34. The second kappa shape index (κ2) is 5.45. The first-order valence-electron chi connectivity index (χ1n) is 6.34. The van der Waals surface area contributed by atoms with Crippen molar-refractivity contribution in [1.82, 2.24) is 9.78 Å². The van der Waals surface area contributed by atoms with Crippen LogP contribution in [0.25, 0.3) is 0 Å². The molecular formula is C15H20N2O2. The minimum atomic E-state index is -0.605. The monoisotopic (exact) mass is 260 g/mol. The van der Waals surface area contributed by atoms with Gasteiger partial charge in [-0.1, -0.05) is 29.8 Å². The van der Waals surface area contributed by atoms with E-state index in [1.165, 1.54) is 5.56 Å². The quantitative estimate of drug-likeness (QED) is 0.917. The van der Waals surface area contributed by atoms with Crippen molar-refractivity contribution < 1.29 is 9.84 Å². The maximum absolute atomic E-state index is 10.4. The van der Waals surface area contributed by atoms with E-state index in [9.17, 15) is 5.11 Å². The molecule has 1 aromatic heterocycles. The first-order valence-corrected chi connectivity index (χ1v) is 6.34. The number of hydrogen-bond donors (Lipinski definition) is 1. The van der Waals surface area contributed by atoms with Crippen LogP contribution in [0.1, 0.15) is 28.5 Å². The third kappa shape index (κ3) is 2.79. The van der Waals surface area contributed by atoms with Crippen LogP contribution in [0.5, 0.6) is 5.88 Å². The van der Waals surface area contributed by atoms with Crippen LogP contribution in [-0.2, 0) is 13.5 Å². The van der Waals surface area contributed by atoms with Gasteiger partial charge in [0.2, 0.25) is 5.88 Å². The predicted octanol–water partition coefficient (Wildman–Crippen LogP) is 2.32. The summed E-state index contributed by atoms with van der Waals surface area (Å²) in [5.41, 5.74) is 3.89. The van der Waals surface area contributed by atoms with E-state index in [1.54, 1.807) is 11.8 Å². The molecule has 0 saturated heterocycles. The van der Waals surface area contributed by atoms with Crippen LogP contribution >= 0.6 is 0 Å². The molecule has 0 aliphatic carbocycles. The lowest BCUT2D eigenvalue weighted by Gasteiger charge is -2.12. The number of aliphatic hydroxyl groups excluding tert-OH is 1. The number of methoxy groups -OCH3 is 1. The van der Waals surface area contributed by atoms with Crippen molar-refractivity contribution in [2.75, 3.05) is 7.11 Å². The number of ether oxygens (including phenoxy) is 1. The third-order valence-electron chi connectivity index (χ3n) is 3.29. The Labute approximate surface area is 113 Å². The maximum atomic E-state index is 10.4. The van der Waals surface area contributed by atoms with Gasteiger partial charge in [0.1, 0.15) is 0 Å². The highest BCUT2D eigenvalue weighted by Crippen LogP contribution is 2.30. The fourth-order valence-electron chi connectivity index (χ4n) is 2.33. The van der Waals surface area contributed by atoms with Gasteiger partial charge in [0.05, 0.1) is 24.5 Å². The molecule has 4 nitrogen and oxygen atoms in total. The maximum Gasteiger partial charge on any atom is 0.217 e. The van der Waals surface area contributed by atoms with Crippen LogP contribution < -0.4 is 4.74 Å². The zero-order chi connectivity index (χ0) is 14.0. The summed E-state index contributed by atoms with van der Waals surface area (Å²) in [6.45, 7) is 3.94. The average Bonchev–Trinajstić information content (AvgIpc) is 2.66. The van der Waals surface area contributed by atoms with E-state index < -0.39 is 6.10 Å². The summed E-state index contributed by atoms with van der Waals surface area (Å²) in [4.78, 5) is 0. The molecule has 1 N–H and O–H groups in total. The van der Waals surface area contributed by atoms with Gasteiger partial charge in [0, 0.05) is 13.5 Å². The Morgan fingerprint density at radius 3 is 2.47 bits per heavy atom. The summed E-state index contributed by atoms with van der Waals surface area (Å²) >= 11 is 0. The molecule has 0 radical (unpaired) electrons. The normalized spacial score (nSPS) is 12.5. The molecule has 1 aromatic carbocycles. The van der Waals surface area contributed by atoms with Gasteiger partial charge in [0.15, 0.2) is 0 Å². The van der Waals surface area contributed by atoms with E-state index in [-0.39, 0.29) is 0 Å². The summed E-state index contributed by atoms with van der Waals surface area (Å²) in [6, 6.07) is 8.18. The van der Waals surface area contributed by atoms with E-state index >= 15 is 0 Å². The van der Waals surface area contributed by atoms with E-state index in [0.29, 0.717) is 12.3 Å². The Morgan fingerprint density at radius 1 is 1.26 bits per heavy atom. The molecule has 0 aliphatic heterocycles. The van der Waals surface area contributed by atoms with Crippen LogP contribution in [0.3, 0.4) is 0 Å². The second-order valence-corrected chi connectivity index (χ2v) is 4.84. The molecule has 0 fully saturated rings. The van der Waals surface area contributed by atoms with Crippen molar-refractivity contribution in [3.63, 3.8) is 0 Å². The lowest BCUT2D eigenvalue weighted by atomic mass is 10.0. The van der Waals surface area contributed by atoms with E-state index in [0.717, 1.165) is 16.8 Å². The molecule has 19 heavy (non-hydrogen) atoms. The fraction of sp³-hybridized carbons (Fsp3) is 0.400. The van der Waals surface area contributed by atoms with Crippen LogP contribution in [0, 0.1) is 13.8 Å². The summed E-state index contributed by atoms with van der Waals surface area (Å²) in [7, 11) is 3.41. The van der Waals surface area contributed by atoms with E-state index in [4.69, 9.17) is 4.74 Å². The number of aromatic nitrogens is 2. The lowest BCUT2D eigenvalue weighted by Crippen LogP contribution is -2.05. The van der Waals surface area contributed by atoms with Crippen molar-refractivity contribution in [2.45, 2.75) is 26.4 Å². The van der Waals surface area contributed by atoms with Crippen LogP contribution in [0.4, 0.5) is 0 Å². The number of benzene rings is 1. The smallest absolute Gasteiger partial charge is 0.217 e. The van der Waals surface area contributed by atoms with Crippen LogP contribution in [0.15, 0.2) is 24.3 Å². The Bertz CT molecular complexity index is 558. The molecule has 1 unspecified atom stereocenters. The highest BCUT2D eigenvalue weighted by atomic mass is 16.5. The standard InChI is InChI=1S/C15H20N2O2/c1-10-5-7-12(8-6-10)9-13(18)14-11(2)16-17(3)15(14)19-4/h5-8,13,18H,9H2,1-4H3. The number of aliphatic hydroxyl groups is 1. The van der Waals surface area contributed by atoms with Gasteiger partial charge >= 0.3 is 0 Å². The molecule has 4 heteroatoms.